The maximum Gasteiger partial charge on any atom is 0.145 e. The van der Waals surface area contributed by atoms with Gasteiger partial charge in [-0.15, -0.1) is 11.3 Å². The number of hydrogen-bond acceptors (Lipinski definition) is 2. The molecular weight excluding hydrogens is 601 g/mol. The van der Waals surface area contributed by atoms with Crippen molar-refractivity contribution in [1.29, 1.82) is 0 Å². The number of benzene rings is 8. The smallest absolute Gasteiger partial charge is 0.145 e. The molecular formula is C45H28N2S. The first-order chi connectivity index (χ1) is 23.8. The van der Waals surface area contributed by atoms with Crippen LogP contribution in [0.2, 0.25) is 0 Å². The molecule has 0 fully saturated rings. The van der Waals surface area contributed by atoms with E-state index in [1.165, 1.54) is 64.0 Å². The largest absolute Gasteiger partial charge is 0.292 e. The minimum Gasteiger partial charge on any atom is -0.292 e. The van der Waals surface area contributed by atoms with E-state index in [1.807, 2.05) is 11.3 Å². The van der Waals surface area contributed by atoms with Gasteiger partial charge in [0.25, 0.3) is 0 Å². The summed E-state index contributed by atoms with van der Waals surface area (Å²) in [7, 11) is 0. The molecule has 0 amide bonds. The summed E-state index contributed by atoms with van der Waals surface area (Å²) in [6.45, 7) is 0. The van der Waals surface area contributed by atoms with Gasteiger partial charge in [0, 0.05) is 42.2 Å². The molecule has 2 heterocycles. The maximum absolute atomic E-state index is 5.48. The Morgan fingerprint density at radius 1 is 0.417 bits per heavy atom. The van der Waals surface area contributed by atoms with E-state index >= 15 is 0 Å². The van der Waals surface area contributed by atoms with Gasteiger partial charge in [-0.25, -0.2) is 4.98 Å². The lowest BCUT2D eigenvalue weighted by molar-refractivity contribution is 1.11. The number of aromatic nitrogens is 2. The summed E-state index contributed by atoms with van der Waals surface area (Å²) >= 11 is 1.87. The third-order valence-corrected chi connectivity index (χ3v) is 10.8. The molecule has 2 nitrogen and oxygen atoms in total. The second-order valence-corrected chi connectivity index (χ2v) is 13.4. The van der Waals surface area contributed by atoms with Gasteiger partial charge in [0.1, 0.15) is 5.82 Å². The van der Waals surface area contributed by atoms with Gasteiger partial charge in [0.2, 0.25) is 0 Å². The Kier molecular flexibility index (Phi) is 6.08. The van der Waals surface area contributed by atoms with Gasteiger partial charge in [0.15, 0.2) is 0 Å². The molecule has 0 saturated carbocycles. The zero-order chi connectivity index (χ0) is 31.6. The fourth-order valence-corrected chi connectivity index (χ4v) is 8.62. The molecule has 0 aliphatic rings. The number of nitrogens with zero attached hydrogens (tertiary/aromatic N) is 2. The van der Waals surface area contributed by atoms with E-state index in [4.69, 9.17) is 4.98 Å². The SMILES string of the molecule is c1ccc(-c2cccc(-c3nc4c5ccccc5c5ccccc5c4n3-c3ccc(-c4cccc5c4sc4ccccc45)cc3)c2)cc1. The molecule has 0 bridgehead atoms. The van der Waals surface area contributed by atoms with E-state index in [2.05, 4.69) is 174 Å². The van der Waals surface area contributed by atoms with E-state index in [1.54, 1.807) is 0 Å². The first-order valence-electron chi connectivity index (χ1n) is 16.3. The van der Waals surface area contributed by atoms with E-state index in [0.717, 1.165) is 28.1 Å². The van der Waals surface area contributed by atoms with Crippen molar-refractivity contribution in [2.75, 3.05) is 0 Å². The fraction of sp³-hybridized carbons (Fsp3) is 0. The molecule has 0 saturated heterocycles. The molecule has 0 spiro atoms. The van der Waals surface area contributed by atoms with Crippen molar-refractivity contribution in [3.05, 3.63) is 170 Å². The van der Waals surface area contributed by atoms with Crippen LogP contribution >= 0.6 is 11.3 Å². The second-order valence-electron chi connectivity index (χ2n) is 12.3. The minimum absolute atomic E-state index is 0.934. The lowest BCUT2D eigenvalue weighted by atomic mass is 9.99. The number of thiophene rings is 1. The summed E-state index contributed by atoms with van der Waals surface area (Å²) in [6, 6.07) is 61.2. The number of imidazole rings is 1. The van der Waals surface area contributed by atoms with Gasteiger partial charge in [-0.2, -0.15) is 0 Å². The third-order valence-electron chi connectivity index (χ3n) is 9.60. The van der Waals surface area contributed by atoms with Gasteiger partial charge in [-0.05, 0) is 57.3 Å². The predicted molar refractivity (Wildman–Crippen MR) is 205 cm³/mol. The predicted octanol–water partition coefficient (Wildman–Crippen LogP) is 12.7. The van der Waals surface area contributed by atoms with Crippen molar-refractivity contribution >= 4 is 64.1 Å². The van der Waals surface area contributed by atoms with Crippen LogP contribution in [0.4, 0.5) is 0 Å². The highest BCUT2D eigenvalue weighted by atomic mass is 32.1. The molecule has 48 heavy (non-hydrogen) atoms. The molecule has 0 N–H and O–H groups in total. The zero-order valence-electron chi connectivity index (χ0n) is 26.0. The summed E-state index contributed by atoms with van der Waals surface area (Å²) in [5.74, 6) is 0.934. The Hall–Kier alpha value is -6.03. The minimum atomic E-state index is 0.934. The second kappa shape index (κ2) is 10.8. The Balaban J connectivity index is 1.23. The van der Waals surface area contributed by atoms with Gasteiger partial charge >= 0.3 is 0 Å². The molecule has 3 heteroatoms. The standard InChI is InChI=1S/C45H28N2S/c1-2-12-29(13-3-1)31-14-10-15-32(28-31)45-46-42-38-19-6-4-16-35(38)36-17-5-7-20-39(36)43(42)47(45)33-26-24-30(25-27-33)34-21-11-22-40-37-18-8-9-23-41(37)48-44(34)40/h1-28H. The summed E-state index contributed by atoms with van der Waals surface area (Å²) in [4.78, 5) is 5.48. The lowest BCUT2D eigenvalue weighted by Gasteiger charge is -2.14. The monoisotopic (exact) mass is 628 g/mol. The summed E-state index contributed by atoms with van der Waals surface area (Å²) < 4.78 is 5.02. The van der Waals surface area contributed by atoms with E-state index < -0.39 is 0 Å². The highest BCUT2D eigenvalue weighted by Gasteiger charge is 2.21. The van der Waals surface area contributed by atoms with Crippen LogP contribution in [0.5, 0.6) is 0 Å². The molecule has 0 atom stereocenters. The van der Waals surface area contributed by atoms with Crippen LogP contribution in [0, 0.1) is 0 Å². The van der Waals surface area contributed by atoms with Crippen molar-refractivity contribution < 1.29 is 0 Å². The highest BCUT2D eigenvalue weighted by molar-refractivity contribution is 7.26. The van der Waals surface area contributed by atoms with Crippen LogP contribution in [0.1, 0.15) is 0 Å². The summed E-state index contributed by atoms with van der Waals surface area (Å²) in [5.41, 5.74) is 9.16. The van der Waals surface area contributed by atoms with Crippen LogP contribution in [0.25, 0.3) is 92.1 Å². The van der Waals surface area contributed by atoms with Crippen LogP contribution < -0.4 is 0 Å². The van der Waals surface area contributed by atoms with E-state index in [9.17, 15) is 0 Å². The van der Waals surface area contributed by atoms with Crippen molar-refractivity contribution in [2.45, 2.75) is 0 Å². The van der Waals surface area contributed by atoms with E-state index in [-0.39, 0.29) is 0 Å². The molecule has 10 rings (SSSR count). The molecule has 10 aromatic rings. The molecule has 0 aliphatic carbocycles. The van der Waals surface area contributed by atoms with Gasteiger partial charge < -0.3 is 0 Å². The van der Waals surface area contributed by atoms with E-state index in [0.29, 0.717) is 0 Å². The number of rotatable bonds is 4. The highest BCUT2D eigenvalue weighted by Crippen LogP contribution is 2.42. The molecule has 8 aromatic carbocycles. The average Bonchev–Trinajstić information content (AvgIpc) is 3.76. The van der Waals surface area contributed by atoms with Gasteiger partial charge in [0.05, 0.1) is 11.0 Å². The topological polar surface area (TPSA) is 17.8 Å². The molecule has 2 aromatic heterocycles. The van der Waals surface area contributed by atoms with Crippen LogP contribution in [0.15, 0.2) is 170 Å². The van der Waals surface area contributed by atoms with Crippen molar-refractivity contribution in [3.8, 4) is 39.3 Å². The summed E-state index contributed by atoms with van der Waals surface area (Å²) in [5, 5.41) is 7.46. The average molecular weight is 629 g/mol. The Labute approximate surface area is 281 Å². The third kappa shape index (κ3) is 4.15. The van der Waals surface area contributed by atoms with Crippen molar-refractivity contribution in [1.82, 2.24) is 9.55 Å². The Morgan fingerprint density at radius 2 is 1.02 bits per heavy atom. The Bertz CT molecular complexity index is 2820. The lowest BCUT2D eigenvalue weighted by Crippen LogP contribution is -1.98. The Morgan fingerprint density at radius 3 is 1.83 bits per heavy atom. The van der Waals surface area contributed by atoms with Crippen LogP contribution in [-0.2, 0) is 0 Å². The van der Waals surface area contributed by atoms with Crippen molar-refractivity contribution in [3.63, 3.8) is 0 Å². The summed E-state index contributed by atoms with van der Waals surface area (Å²) in [6.07, 6.45) is 0. The molecule has 224 valence electrons. The first kappa shape index (κ1) is 27.1. The fourth-order valence-electron chi connectivity index (χ4n) is 7.38. The van der Waals surface area contributed by atoms with Crippen LogP contribution in [0.3, 0.4) is 0 Å². The van der Waals surface area contributed by atoms with Gasteiger partial charge in [-0.3, -0.25) is 4.57 Å². The quantitative estimate of drug-likeness (QED) is 0.177. The maximum atomic E-state index is 5.48. The molecule has 0 aliphatic heterocycles. The number of fused-ring (bicyclic) bond motifs is 9. The number of hydrogen-bond donors (Lipinski definition) is 0. The zero-order valence-corrected chi connectivity index (χ0v) is 26.8. The van der Waals surface area contributed by atoms with Crippen molar-refractivity contribution in [2.24, 2.45) is 0 Å². The first-order valence-corrected chi connectivity index (χ1v) is 17.1. The van der Waals surface area contributed by atoms with Gasteiger partial charge in [-0.1, -0.05) is 146 Å². The molecule has 0 radical (unpaired) electrons. The van der Waals surface area contributed by atoms with Crippen LogP contribution in [-0.4, -0.2) is 9.55 Å². The molecule has 0 unspecified atom stereocenters. The normalized spacial score (nSPS) is 11.8.